The first kappa shape index (κ1) is 11.0. The molecule has 1 saturated heterocycles. The van der Waals surface area contributed by atoms with E-state index in [9.17, 15) is 0 Å². The standard InChI is InChI=1S/C13H19NS/c1-2-10-5-7-11(8-6-10)13(14)12-4-3-9-15-12/h5-8,12-13H,2-4,9,14H2,1H3. The Morgan fingerprint density at radius 3 is 2.67 bits per heavy atom. The van der Waals surface area contributed by atoms with Crippen molar-refractivity contribution >= 4 is 11.8 Å². The van der Waals surface area contributed by atoms with Gasteiger partial charge in [-0.1, -0.05) is 31.2 Å². The van der Waals surface area contributed by atoms with Crippen LogP contribution in [0, 0.1) is 0 Å². The van der Waals surface area contributed by atoms with Crippen LogP contribution in [0.15, 0.2) is 24.3 Å². The maximum Gasteiger partial charge on any atom is 0.0415 e. The van der Waals surface area contributed by atoms with Crippen molar-refractivity contribution in [3.8, 4) is 0 Å². The highest BCUT2D eigenvalue weighted by Gasteiger charge is 2.23. The fraction of sp³-hybridized carbons (Fsp3) is 0.538. The predicted octanol–water partition coefficient (Wildman–Crippen LogP) is 3.14. The van der Waals surface area contributed by atoms with Gasteiger partial charge in [0.2, 0.25) is 0 Å². The Kier molecular flexibility index (Phi) is 3.71. The molecule has 0 bridgehead atoms. The quantitative estimate of drug-likeness (QED) is 0.848. The van der Waals surface area contributed by atoms with Gasteiger partial charge in [0.1, 0.15) is 0 Å². The summed E-state index contributed by atoms with van der Waals surface area (Å²) >= 11 is 2.03. The van der Waals surface area contributed by atoms with Crippen molar-refractivity contribution < 1.29 is 0 Å². The van der Waals surface area contributed by atoms with E-state index >= 15 is 0 Å². The Morgan fingerprint density at radius 1 is 1.40 bits per heavy atom. The maximum absolute atomic E-state index is 6.27. The van der Waals surface area contributed by atoms with E-state index in [1.165, 1.54) is 29.7 Å². The van der Waals surface area contributed by atoms with Crippen LogP contribution >= 0.6 is 11.8 Å². The summed E-state index contributed by atoms with van der Waals surface area (Å²) in [6.45, 7) is 2.18. The van der Waals surface area contributed by atoms with Gasteiger partial charge in [-0.15, -0.1) is 0 Å². The minimum Gasteiger partial charge on any atom is -0.323 e. The molecule has 1 aromatic carbocycles. The lowest BCUT2D eigenvalue weighted by atomic mass is 10.00. The van der Waals surface area contributed by atoms with E-state index in [0.29, 0.717) is 5.25 Å². The van der Waals surface area contributed by atoms with Crippen LogP contribution in [0.4, 0.5) is 0 Å². The van der Waals surface area contributed by atoms with E-state index in [-0.39, 0.29) is 6.04 Å². The van der Waals surface area contributed by atoms with Gasteiger partial charge in [0.15, 0.2) is 0 Å². The second-order valence-electron chi connectivity index (χ2n) is 4.17. The van der Waals surface area contributed by atoms with Gasteiger partial charge in [0.05, 0.1) is 0 Å². The van der Waals surface area contributed by atoms with Crippen LogP contribution in [-0.4, -0.2) is 11.0 Å². The Bertz CT molecular complexity index is 301. The predicted molar refractivity (Wildman–Crippen MR) is 68.2 cm³/mol. The van der Waals surface area contributed by atoms with Crippen LogP contribution in [0.3, 0.4) is 0 Å². The largest absolute Gasteiger partial charge is 0.323 e. The smallest absolute Gasteiger partial charge is 0.0415 e. The Morgan fingerprint density at radius 2 is 2.13 bits per heavy atom. The topological polar surface area (TPSA) is 26.0 Å². The summed E-state index contributed by atoms with van der Waals surface area (Å²) in [7, 11) is 0. The van der Waals surface area contributed by atoms with E-state index in [2.05, 4.69) is 31.2 Å². The molecule has 2 heteroatoms. The van der Waals surface area contributed by atoms with Crippen LogP contribution in [0.5, 0.6) is 0 Å². The summed E-state index contributed by atoms with van der Waals surface area (Å²) in [5, 5.41) is 0.637. The minimum atomic E-state index is 0.225. The number of hydrogen-bond donors (Lipinski definition) is 1. The van der Waals surface area contributed by atoms with Crippen molar-refractivity contribution in [2.75, 3.05) is 5.75 Å². The van der Waals surface area contributed by atoms with Crippen LogP contribution < -0.4 is 5.73 Å². The number of hydrogen-bond acceptors (Lipinski definition) is 2. The van der Waals surface area contributed by atoms with Gasteiger partial charge in [-0.3, -0.25) is 0 Å². The SMILES string of the molecule is CCc1ccc(C(N)C2CCCS2)cc1. The van der Waals surface area contributed by atoms with Crippen molar-refractivity contribution in [3.05, 3.63) is 35.4 Å². The number of aryl methyl sites for hydroxylation is 1. The molecule has 0 saturated carbocycles. The highest BCUT2D eigenvalue weighted by atomic mass is 32.2. The summed E-state index contributed by atoms with van der Waals surface area (Å²) in [6, 6.07) is 9.03. The molecule has 15 heavy (non-hydrogen) atoms. The molecule has 1 heterocycles. The first-order chi connectivity index (χ1) is 7.31. The zero-order chi connectivity index (χ0) is 10.7. The number of rotatable bonds is 3. The summed E-state index contributed by atoms with van der Waals surface area (Å²) in [5.74, 6) is 1.28. The maximum atomic E-state index is 6.27. The van der Waals surface area contributed by atoms with E-state index < -0.39 is 0 Å². The number of thioether (sulfide) groups is 1. The zero-order valence-electron chi connectivity index (χ0n) is 9.28. The van der Waals surface area contributed by atoms with Gasteiger partial charge < -0.3 is 5.73 Å². The lowest BCUT2D eigenvalue weighted by Crippen LogP contribution is -2.21. The van der Waals surface area contributed by atoms with Gasteiger partial charge >= 0.3 is 0 Å². The molecular formula is C13H19NS. The molecule has 2 atom stereocenters. The van der Waals surface area contributed by atoms with Crippen molar-refractivity contribution in [2.45, 2.75) is 37.5 Å². The van der Waals surface area contributed by atoms with E-state index in [4.69, 9.17) is 5.73 Å². The van der Waals surface area contributed by atoms with Gasteiger partial charge in [0, 0.05) is 11.3 Å². The molecule has 0 aromatic heterocycles. The third kappa shape index (κ3) is 2.56. The molecule has 1 fully saturated rings. The van der Waals surface area contributed by atoms with Gasteiger partial charge in [0.25, 0.3) is 0 Å². The average Bonchev–Trinajstić information content (AvgIpc) is 2.82. The summed E-state index contributed by atoms with van der Waals surface area (Å²) in [5.41, 5.74) is 8.96. The monoisotopic (exact) mass is 221 g/mol. The molecule has 0 spiro atoms. The van der Waals surface area contributed by atoms with Crippen molar-refractivity contribution in [1.82, 2.24) is 0 Å². The van der Waals surface area contributed by atoms with Crippen LogP contribution in [-0.2, 0) is 6.42 Å². The van der Waals surface area contributed by atoms with E-state index in [0.717, 1.165) is 6.42 Å². The van der Waals surface area contributed by atoms with E-state index in [1.54, 1.807) is 0 Å². The van der Waals surface area contributed by atoms with Crippen molar-refractivity contribution in [1.29, 1.82) is 0 Å². The molecular weight excluding hydrogens is 202 g/mol. The van der Waals surface area contributed by atoms with Crippen LogP contribution in [0.25, 0.3) is 0 Å². The first-order valence-electron chi connectivity index (χ1n) is 5.77. The van der Waals surface area contributed by atoms with E-state index in [1.807, 2.05) is 11.8 Å². The summed E-state index contributed by atoms with van der Waals surface area (Å²) < 4.78 is 0. The minimum absolute atomic E-state index is 0.225. The third-order valence-electron chi connectivity index (χ3n) is 3.14. The molecule has 1 aromatic rings. The lowest BCUT2D eigenvalue weighted by Gasteiger charge is -2.18. The molecule has 2 unspecified atom stereocenters. The third-order valence-corrected chi connectivity index (χ3v) is 4.62. The molecule has 82 valence electrons. The van der Waals surface area contributed by atoms with Gasteiger partial charge in [-0.25, -0.2) is 0 Å². The normalized spacial score (nSPS) is 22.9. The fourth-order valence-electron chi connectivity index (χ4n) is 2.08. The summed E-state index contributed by atoms with van der Waals surface area (Å²) in [4.78, 5) is 0. The Labute approximate surface area is 96.4 Å². The van der Waals surface area contributed by atoms with Gasteiger partial charge in [-0.05, 0) is 36.1 Å². The van der Waals surface area contributed by atoms with Gasteiger partial charge in [-0.2, -0.15) is 11.8 Å². The second kappa shape index (κ2) is 5.04. The molecule has 1 nitrogen and oxygen atoms in total. The fourth-order valence-corrected chi connectivity index (χ4v) is 3.41. The average molecular weight is 221 g/mol. The van der Waals surface area contributed by atoms with Crippen molar-refractivity contribution in [3.63, 3.8) is 0 Å². The lowest BCUT2D eigenvalue weighted by molar-refractivity contribution is 0.645. The Balaban J connectivity index is 2.07. The Hall–Kier alpha value is -0.470. The molecule has 1 aliphatic rings. The molecule has 2 rings (SSSR count). The highest BCUT2D eigenvalue weighted by Crippen LogP contribution is 2.34. The number of benzene rings is 1. The van der Waals surface area contributed by atoms with Crippen molar-refractivity contribution in [2.24, 2.45) is 5.73 Å². The molecule has 0 radical (unpaired) electrons. The number of nitrogens with two attached hydrogens (primary N) is 1. The van der Waals surface area contributed by atoms with Crippen LogP contribution in [0.1, 0.15) is 36.9 Å². The highest BCUT2D eigenvalue weighted by molar-refractivity contribution is 8.00. The molecule has 0 aliphatic carbocycles. The molecule has 1 aliphatic heterocycles. The second-order valence-corrected chi connectivity index (χ2v) is 5.52. The molecule has 0 amide bonds. The summed E-state index contributed by atoms with van der Waals surface area (Å²) in [6.07, 6.45) is 3.71. The first-order valence-corrected chi connectivity index (χ1v) is 6.82. The van der Waals surface area contributed by atoms with Crippen LogP contribution in [0.2, 0.25) is 0 Å². The molecule has 2 N–H and O–H groups in total. The zero-order valence-corrected chi connectivity index (χ0v) is 10.1.